The molecular formula is C17H18O3. The van der Waals surface area contributed by atoms with Crippen LogP contribution in [0, 0.1) is 6.92 Å². The van der Waals surface area contributed by atoms with Gasteiger partial charge in [-0.1, -0.05) is 18.2 Å². The predicted molar refractivity (Wildman–Crippen MR) is 77.9 cm³/mol. The van der Waals surface area contributed by atoms with Gasteiger partial charge < -0.3 is 14.9 Å². The van der Waals surface area contributed by atoms with Gasteiger partial charge in [-0.2, -0.15) is 0 Å². The lowest BCUT2D eigenvalue weighted by molar-refractivity contribution is 0.105. The van der Waals surface area contributed by atoms with Crippen molar-refractivity contribution in [1.82, 2.24) is 0 Å². The molecule has 0 bridgehead atoms. The Bertz CT molecular complexity index is 687. The molecule has 0 radical (unpaired) electrons. The van der Waals surface area contributed by atoms with Crippen LogP contribution in [0.1, 0.15) is 30.5 Å². The number of rotatable bonds is 1. The Balaban J connectivity index is 2.44. The van der Waals surface area contributed by atoms with Gasteiger partial charge >= 0.3 is 0 Å². The molecule has 1 aliphatic heterocycles. The van der Waals surface area contributed by atoms with Gasteiger partial charge in [0.2, 0.25) is 0 Å². The monoisotopic (exact) mass is 270 g/mol. The second-order valence-corrected chi connectivity index (χ2v) is 5.70. The molecule has 104 valence electrons. The molecule has 3 heteroatoms. The second-order valence-electron chi connectivity index (χ2n) is 5.70. The van der Waals surface area contributed by atoms with Crippen LogP contribution in [-0.4, -0.2) is 10.2 Å². The van der Waals surface area contributed by atoms with E-state index in [1.165, 1.54) is 0 Å². The zero-order valence-electron chi connectivity index (χ0n) is 11.9. The van der Waals surface area contributed by atoms with Gasteiger partial charge in [-0.25, -0.2) is 0 Å². The molecule has 0 spiro atoms. The van der Waals surface area contributed by atoms with Crippen LogP contribution in [0.2, 0.25) is 0 Å². The molecule has 1 heterocycles. The number of phenolic OH excluding ortho intramolecular Hbond substituents is 1. The van der Waals surface area contributed by atoms with Gasteiger partial charge in [-0.05, 0) is 44.0 Å². The van der Waals surface area contributed by atoms with Crippen LogP contribution < -0.4 is 4.74 Å². The second kappa shape index (κ2) is 4.25. The average molecular weight is 270 g/mol. The number of benzene rings is 2. The fourth-order valence-corrected chi connectivity index (χ4v) is 2.93. The minimum absolute atomic E-state index is 0.0567. The van der Waals surface area contributed by atoms with Crippen molar-refractivity contribution in [3.05, 3.63) is 47.0 Å². The molecule has 2 N–H and O–H groups in total. The molecule has 3 rings (SSSR count). The first-order valence-corrected chi connectivity index (χ1v) is 6.71. The summed E-state index contributed by atoms with van der Waals surface area (Å²) in [7, 11) is 0. The highest BCUT2D eigenvalue weighted by Crippen LogP contribution is 2.50. The smallest absolute Gasteiger partial charge is 0.132 e. The molecule has 2 aromatic rings. The van der Waals surface area contributed by atoms with Crippen molar-refractivity contribution < 1.29 is 14.9 Å². The summed E-state index contributed by atoms with van der Waals surface area (Å²) in [5.41, 5.74) is 3.93. The summed E-state index contributed by atoms with van der Waals surface area (Å²) < 4.78 is 6.02. The van der Waals surface area contributed by atoms with Crippen molar-refractivity contribution in [2.45, 2.75) is 33.0 Å². The van der Waals surface area contributed by atoms with Gasteiger partial charge in [0.05, 0.1) is 12.2 Å². The molecule has 0 unspecified atom stereocenters. The molecule has 1 aliphatic rings. The normalized spacial score (nSPS) is 15.2. The number of aliphatic hydroxyl groups excluding tert-OH is 1. The van der Waals surface area contributed by atoms with E-state index in [-0.39, 0.29) is 12.4 Å². The fraction of sp³-hybridized carbons (Fsp3) is 0.294. The van der Waals surface area contributed by atoms with Crippen molar-refractivity contribution >= 4 is 0 Å². The van der Waals surface area contributed by atoms with E-state index in [9.17, 15) is 10.2 Å². The summed E-state index contributed by atoms with van der Waals surface area (Å²) >= 11 is 0. The van der Waals surface area contributed by atoms with Crippen LogP contribution in [0.25, 0.3) is 11.1 Å². The third-order valence-electron chi connectivity index (χ3n) is 3.97. The van der Waals surface area contributed by atoms with E-state index in [1.54, 1.807) is 12.1 Å². The molecule has 0 fully saturated rings. The number of aromatic hydroxyl groups is 1. The highest BCUT2D eigenvalue weighted by atomic mass is 16.5. The maximum Gasteiger partial charge on any atom is 0.132 e. The quantitative estimate of drug-likeness (QED) is 0.834. The molecule has 0 saturated carbocycles. The lowest BCUT2D eigenvalue weighted by Crippen LogP contribution is -2.30. The van der Waals surface area contributed by atoms with Crippen molar-refractivity contribution in [2.24, 2.45) is 0 Å². The van der Waals surface area contributed by atoms with Crippen LogP contribution in [-0.2, 0) is 12.2 Å². The molecule has 2 aromatic carbocycles. The topological polar surface area (TPSA) is 49.7 Å². The van der Waals surface area contributed by atoms with E-state index in [0.29, 0.717) is 11.3 Å². The lowest BCUT2D eigenvalue weighted by Gasteiger charge is -2.36. The molecule has 0 aliphatic carbocycles. The number of phenols is 1. The number of fused-ring (bicyclic) bond motifs is 3. The lowest BCUT2D eigenvalue weighted by atomic mass is 9.82. The first-order valence-electron chi connectivity index (χ1n) is 6.71. The minimum atomic E-state index is -0.492. The molecule has 0 aromatic heterocycles. The van der Waals surface area contributed by atoms with Gasteiger partial charge in [0.1, 0.15) is 17.1 Å². The van der Waals surface area contributed by atoms with Crippen LogP contribution >= 0.6 is 0 Å². The standard InChI is InChI=1S/C17H18O3/c1-10-7-8-12-15(11(10)9-18)16-13(19)5-4-6-14(16)20-17(12,2)3/h4-8,18-19H,9H2,1-3H3. The highest BCUT2D eigenvalue weighted by molar-refractivity contribution is 5.84. The molecule has 0 saturated heterocycles. The highest BCUT2D eigenvalue weighted by Gasteiger charge is 2.35. The molecule has 0 amide bonds. The van der Waals surface area contributed by atoms with Crippen molar-refractivity contribution in [3.63, 3.8) is 0 Å². The Morgan fingerprint density at radius 2 is 1.85 bits per heavy atom. The zero-order valence-corrected chi connectivity index (χ0v) is 11.9. The minimum Gasteiger partial charge on any atom is -0.507 e. The van der Waals surface area contributed by atoms with Crippen molar-refractivity contribution in [2.75, 3.05) is 0 Å². The van der Waals surface area contributed by atoms with E-state index < -0.39 is 5.60 Å². The van der Waals surface area contributed by atoms with Crippen molar-refractivity contribution in [3.8, 4) is 22.6 Å². The first-order chi connectivity index (χ1) is 9.45. The zero-order chi connectivity index (χ0) is 14.5. The summed E-state index contributed by atoms with van der Waals surface area (Å²) in [6, 6.07) is 9.26. The summed E-state index contributed by atoms with van der Waals surface area (Å²) in [5, 5.41) is 20.0. The summed E-state index contributed by atoms with van der Waals surface area (Å²) in [6.45, 7) is 5.90. The van der Waals surface area contributed by atoms with E-state index in [1.807, 2.05) is 39.0 Å². The molecular weight excluding hydrogens is 252 g/mol. The van der Waals surface area contributed by atoms with E-state index in [0.717, 1.165) is 22.3 Å². The van der Waals surface area contributed by atoms with Crippen LogP contribution in [0.15, 0.2) is 30.3 Å². The number of hydrogen-bond donors (Lipinski definition) is 2. The number of hydrogen-bond acceptors (Lipinski definition) is 3. The predicted octanol–water partition coefficient (Wildman–Crippen LogP) is 3.49. The molecule has 20 heavy (non-hydrogen) atoms. The average Bonchev–Trinajstić information content (AvgIpc) is 2.37. The maximum absolute atomic E-state index is 10.2. The Hall–Kier alpha value is -2.00. The van der Waals surface area contributed by atoms with Gasteiger partial charge in [-0.15, -0.1) is 0 Å². The number of aliphatic hydroxyl groups is 1. The SMILES string of the molecule is Cc1ccc2c(c1CO)-c1c(O)cccc1OC2(C)C. The van der Waals surface area contributed by atoms with E-state index in [4.69, 9.17) is 4.74 Å². The number of ether oxygens (including phenoxy) is 1. The van der Waals surface area contributed by atoms with Crippen LogP contribution in [0.4, 0.5) is 0 Å². The van der Waals surface area contributed by atoms with Gasteiger partial charge in [0, 0.05) is 11.1 Å². The van der Waals surface area contributed by atoms with Crippen molar-refractivity contribution in [1.29, 1.82) is 0 Å². The van der Waals surface area contributed by atoms with E-state index in [2.05, 4.69) is 0 Å². The fourth-order valence-electron chi connectivity index (χ4n) is 2.93. The Morgan fingerprint density at radius 1 is 1.10 bits per heavy atom. The summed E-state index contributed by atoms with van der Waals surface area (Å²) in [4.78, 5) is 0. The molecule has 0 atom stereocenters. The molecule has 3 nitrogen and oxygen atoms in total. The maximum atomic E-state index is 10.2. The summed E-state index contributed by atoms with van der Waals surface area (Å²) in [6.07, 6.45) is 0. The third kappa shape index (κ3) is 1.70. The third-order valence-corrected chi connectivity index (χ3v) is 3.97. The number of aryl methyl sites for hydroxylation is 1. The first kappa shape index (κ1) is 13.0. The Kier molecular flexibility index (Phi) is 2.76. The van der Waals surface area contributed by atoms with Gasteiger partial charge in [0.15, 0.2) is 0 Å². The largest absolute Gasteiger partial charge is 0.507 e. The van der Waals surface area contributed by atoms with Crippen LogP contribution in [0.5, 0.6) is 11.5 Å². The Morgan fingerprint density at radius 3 is 2.55 bits per heavy atom. The van der Waals surface area contributed by atoms with E-state index >= 15 is 0 Å². The summed E-state index contributed by atoms with van der Waals surface area (Å²) in [5.74, 6) is 0.836. The van der Waals surface area contributed by atoms with Gasteiger partial charge in [-0.3, -0.25) is 0 Å². The van der Waals surface area contributed by atoms with Crippen LogP contribution in [0.3, 0.4) is 0 Å². The van der Waals surface area contributed by atoms with Gasteiger partial charge in [0.25, 0.3) is 0 Å². The Labute approximate surface area is 118 Å².